The zero-order valence-electron chi connectivity index (χ0n) is 14.7. The van der Waals surface area contributed by atoms with Gasteiger partial charge in [0.25, 0.3) is 0 Å². The highest BCUT2D eigenvalue weighted by Gasteiger charge is 2.29. The fourth-order valence-electron chi connectivity index (χ4n) is 3.65. The first-order chi connectivity index (χ1) is 11.7. The van der Waals surface area contributed by atoms with Gasteiger partial charge in [-0.1, -0.05) is 32.4 Å². The Hall–Kier alpha value is -1.94. The smallest absolute Gasteiger partial charge is 0.222 e. The van der Waals surface area contributed by atoms with E-state index in [4.69, 9.17) is 0 Å². The quantitative estimate of drug-likeness (QED) is 0.917. The van der Waals surface area contributed by atoms with Crippen LogP contribution in [0.25, 0.3) is 10.9 Å². The number of rotatable bonds is 5. The minimum absolute atomic E-state index is 0.286. The van der Waals surface area contributed by atoms with Gasteiger partial charge in [-0.3, -0.25) is 9.78 Å². The van der Waals surface area contributed by atoms with Crippen molar-refractivity contribution in [1.82, 2.24) is 15.2 Å². The summed E-state index contributed by atoms with van der Waals surface area (Å²) in [5.74, 6) is 0.824. The second-order valence-electron chi connectivity index (χ2n) is 6.67. The number of benzene rings is 1. The third-order valence-corrected chi connectivity index (χ3v) is 5.15. The molecule has 2 aromatic rings. The molecule has 1 aromatic carbocycles. The van der Waals surface area contributed by atoms with Crippen molar-refractivity contribution in [3.8, 4) is 0 Å². The molecule has 1 aliphatic rings. The van der Waals surface area contributed by atoms with Crippen LogP contribution in [0.2, 0.25) is 0 Å². The minimum atomic E-state index is 0.286. The van der Waals surface area contributed by atoms with Crippen LogP contribution in [-0.2, 0) is 11.3 Å². The van der Waals surface area contributed by atoms with Gasteiger partial charge in [-0.05, 0) is 36.1 Å². The van der Waals surface area contributed by atoms with Crippen molar-refractivity contribution in [1.29, 1.82) is 0 Å². The Morgan fingerprint density at radius 2 is 2.21 bits per heavy atom. The average Bonchev–Trinajstić information content (AvgIpc) is 2.65. The third kappa shape index (κ3) is 3.75. The van der Waals surface area contributed by atoms with Crippen LogP contribution in [0.15, 0.2) is 36.5 Å². The maximum Gasteiger partial charge on any atom is 0.222 e. The lowest BCUT2D eigenvalue weighted by Crippen LogP contribution is -2.50. The molecule has 4 nitrogen and oxygen atoms in total. The summed E-state index contributed by atoms with van der Waals surface area (Å²) in [7, 11) is 0. The zero-order chi connectivity index (χ0) is 16.9. The van der Waals surface area contributed by atoms with Gasteiger partial charge < -0.3 is 10.2 Å². The fourth-order valence-corrected chi connectivity index (χ4v) is 3.65. The normalized spacial score (nSPS) is 21.2. The molecular weight excluding hydrogens is 298 g/mol. The van der Waals surface area contributed by atoms with E-state index in [0.29, 0.717) is 18.4 Å². The Bertz CT molecular complexity index is 700. The number of amides is 1. The highest BCUT2D eigenvalue weighted by atomic mass is 16.2. The molecule has 0 radical (unpaired) electrons. The number of carbonyl (C=O) groups is 1. The third-order valence-electron chi connectivity index (χ3n) is 5.15. The van der Waals surface area contributed by atoms with Gasteiger partial charge in [0.1, 0.15) is 0 Å². The Morgan fingerprint density at radius 3 is 3.00 bits per heavy atom. The average molecular weight is 325 g/mol. The van der Waals surface area contributed by atoms with Gasteiger partial charge in [0.15, 0.2) is 0 Å². The van der Waals surface area contributed by atoms with Crippen molar-refractivity contribution in [3.63, 3.8) is 0 Å². The number of hydrogen-bond donors (Lipinski definition) is 1. The number of nitrogens with one attached hydrogen (secondary N) is 1. The summed E-state index contributed by atoms with van der Waals surface area (Å²) in [6.45, 7) is 6.81. The summed E-state index contributed by atoms with van der Waals surface area (Å²) in [5.41, 5.74) is 2.33. The highest BCUT2D eigenvalue weighted by Crippen LogP contribution is 2.22. The Morgan fingerprint density at radius 1 is 1.33 bits per heavy atom. The van der Waals surface area contributed by atoms with Gasteiger partial charge in [0.05, 0.1) is 5.52 Å². The Balaban J connectivity index is 1.61. The van der Waals surface area contributed by atoms with Gasteiger partial charge in [-0.25, -0.2) is 0 Å². The molecule has 1 aliphatic heterocycles. The molecule has 1 saturated heterocycles. The van der Waals surface area contributed by atoms with Gasteiger partial charge in [-0.2, -0.15) is 0 Å². The van der Waals surface area contributed by atoms with E-state index in [0.717, 1.165) is 38.0 Å². The van der Waals surface area contributed by atoms with Crippen molar-refractivity contribution in [3.05, 3.63) is 42.1 Å². The molecular formula is C20H27N3O. The maximum atomic E-state index is 11.9. The molecule has 0 unspecified atom stereocenters. The number of aromatic nitrogens is 1. The monoisotopic (exact) mass is 325 g/mol. The second kappa shape index (κ2) is 7.75. The minimum Gasteiger partial charge on any atom is -0.342 e. The van der Waals surface area contributed by atoms with Crippen LogP contribution >= 0.6 is 0 Å². The summed E-state index contributed by atoms with van der Waals surface area (Å²) < 4.78 is 0. The largest absolute Gasteiger partial charge is 0.342 e. The predicted octanol–water partition coefficient (Wildman–Crippen LogP) is 3.36. The SMILES string of the molecule is CCC(=O)N1CC[C@@H](NCc2ccc3ncccc3c2)[C@H](CC)C1. The zero-order valence-corrected chi connectivity index (χ0v) is 14.7. The molecule has 1 N–H and O–H groups in total. The molecule has 0 saturated carbocycles. The van der Waals surface area contributed by atoms with Crippen molar-refractivity contribution < 1.29 is 4.79 Å². The van der Waals surface area contributed by atoms with Crippen molar-refractivity contribution >= 4 is 16.8 Å². The van der Waals surface area contributed by atoms with Crippen LogP contribution in [0, 0.1) is 5.92 Å². The molecule has 2 heterocycles. The fraction of sp³-hybridized carbons (Fsp3) is 0.500. The van der Waals surface area contributed by atoms with Crippen LogP contribution in [-0.4, -0.2) is 34.9 Å². The summed E-state index contributed by atoms with van der Waals surface area (Å²) in [4.78, 5) is 18.3. The van der Waals surface area contributed by atoms with E-state index in [1.807, 2.05) is 24.1 Å². The van der Waals surface area contributed by atoms with Crippen LogP contribution in [0.3, 0.4) is 0 Å². The number of pyridine rings is 1. The van der Waals surface area contributed by atoms with E-state index in [-0.39, 0.29) is 5.91 Å². The molecule has 0 spiro atoms. The number of nitrogens with zero attached hydrogens (tertiary/aromatic N) is 2. The van der Waals surface area contributed by atoms with Crippen molar-refractivity contribution in [2.24, 2.45) is 5.92 Å². The predicted molar refractivity (Wildman–Crippen MR) is 97.6 cm³/mol. The first-order valence-corrected chi connectivity index (χ1v) is 9.06. The molecule has 24 heavy (non-hydrogen) atoms. The highest BCUT2D eigenvalue weighted by molar-refractivity contribution is 5.78. The molecule has 128 valence electrons. The molecule has 1 amide bonds. The summed E-state index contributed by atoms with van der Waals surface area (Å²) in [6, 6.07) is 11.0. The van der Waals surface area contributed by atoms with Crippen molar-refractivity contribution in [2.75, 3.05) is 13.1 Å². The lowest BCUT2D eigenvalue weighted by atomic mass is 9.89. The molecule has 0 bridgehead atoms. The number of hydrogen-bond acceptors (Lipinski definition) is 3. The van der Waals surface area contributed by atoms with E-state index in [1.165, 1.54) is 10.9 Å². The molecule has 1 fully saturated rings. The molecule has 0 aliphatic carbocycles. The van der Waals surface area contributed by atoms with Crippen LogP contribution in [0.5, 0.6) is 0 Å². The summed E-state index contributed by atoms with van der Waals surface area (Å²) in [6.07, 6.45) is 4.59. The van der Waals surface area contributed by atoms with Gasteiger partial charge in [0, 0.05) is 43.7 Å². The van der Waals surface area contributed by atoms with Gasteiger partial charge >= 0.3 is 0 Å². The van der Waals surface area contributed by atoms with Crippen LogP contribution < -0.4 is 5.32 Å². The standard InChI is InChI=1S/C20H27N3O/c1-3-16-14-23(20(24)4-2)11-9-19(16)22-13-15-7-8-18-17(12-15)6-5-10-21-18/h5-8,10,12,16,19,22H,3-4,9,11,13-14H2,1-2H3/t16-,19-/m1/s1. The molecule has 2 atom stereocenters. The number of piperidine rings is 1. The van der Waals surface area contributed by atoms with Gasteiger partial charge in [-0.15, -0.1) is 0 Å². The van der Waals surface area contributed by atoms with E-state index in [2.05, 4.69) is 41.5 Å². The molecule has 4 heteroatoms. The molecule has 3 rings (SSSR count). The van der Waals surface area contributed by atoms with E-state index < -0.39 is 0 Å². The lowest BCUT2D eigenvalue weighted by Gasteiger charge is -2.38. The van der Waals surface area contributed by atoms with E-state index in [9.17, 15) is 4.79 Å². The van der Waals surface area contributed by atoms with E-state index in [1.54, 1.807) is 0 Å². The first-order valence-electron chi connectivity index (χ1n) is 9.06. The number of carbonyl (C=O) groups excluding carboxylic acids is 1. The van der Waals surface area contributed by atoms with Crippen LogP contribution in [0.4, 0.5) is 0 Å². The molecule has 1 aromatic heterocycles. The van der Waals surface area contributed by atoms with E-state index >= 15 is 0 Å². The number of fused-ring (bicyclic) bond motifs is 1. The van der Waals surface area contributed by atoms with Crippen LogP contribution in [0.1, 0.15) is 38.7 Å². The maximum absolute atomic E-state index is 11.9. The summed E-state index contributed by atoms with van der Waals surface area (Å²) in [5, 5.41) is 4.91. The van der Waals surface area contributed by atoms with Crippen molar-refractivity contribution in [2.45, 2.75) is 45.7 Å². The lowest BCUT2D eigenvalue weighted by molar-refractivity contribution is -0.133. The van der Waals surface area contributed by atoms with Gasteiger partial charge in [0.2, 0.25) is 5.91 Å². The topological polar surface area (TPSA) is 45.2 Å². The number of likely N-dealkylation sites (tertiary alicyclic amines) is 1. The Labute approximate surface area is 144 Å². The Kier molecular flexibility index (Phi) is 5.46. The first kappa shape index (κ1) is 16.9. The second-order valence-corrected chi connectivity index (χ2v) is 6.67. The summed E-state index contributed by atoms with van der Waals surface area (Å²) >= 11 is 0.